The fourth-order valence-corrected chi connectivity index (χ4v) is 2.34. The van der Waals surface area contributed by atoms with E-state index in [9.17, 15) is 0 Å². The molecule has 2 aromatic rings. The number of aromatic nitrogens is 2. The molecule has 0 saturated carbocycles. The van der Waals surface area contributed by atoms with Gasteiger partial charge in [-0.1, -0.05) is 12.1 Å². The van der Waals surface area contributed by atoms with Crippen LogP contribution in [0.3, 0.4) is 0 Å². The van der Waals surface area contributed by atoms with E-state index < -0.39 is 0 Å². The zero-order valence-electron chi connectivity index (χ0n) is 14.3. The highest BCUT2D eigenvalue weighted by atomic mass is 16.5. The van der Waals surface area contributed by atoms with Crippen molar-refractivity contribution in [1.29, 1.82) is 0 Å². The molecule has 0 aliphatic heterocycles. The molecule has 0 bridgehead atoms. The Labute approximate surface area is 133 Å². The van der Waals surface area contributed by atoms with Gasteiger partial charge < -0.3 is 10.1 Å². The lowest BCUT2D eigenvalue weighted by Crippen LogP contribution is -2.18. The minimum atomic E-state index is 0.253. The minimum Gasteiger partial charge on any atom is -0.494 e. The second-order valence-electron chi connectivity index (χ2n) is 5.99. The molecule has 0 aliphatic rings. The highest BCUT2D eigenvalue weighted by Gasteiger charge is 2.11. The first-order valence-electron chi connectivity index (χ1n) is 8.01. The van der Waals surface area contributed by atoms with E-state index >= 15 is 0 Å². The summed E-state index contributed by atoms with van der Waals surface area (Å²) in [5.41, 5.74) is 3.62. The maximum Gasteiger partial charge on any atom is 0.124 e. The van der Waals surface area contributed by atoms with Crippen molar-refractivity contribution in [2.24, 2.45) is 0 Å². The van der Waals surface area contributed by atoms with Crippen LogP contribution in [0.1, 0.15) is 56.5 Å². The quantitative estimate of drug-likeness (QED) is 0.839. The second kappa shape index (κ2) is 7.45. The summed E-state index contributed by atoms with van der Waals surface area (Å²) in [6, 6.07) is 7.01. The van der Waals surface area contributed by atoms with Gasteiger partial charge in [0.15, 0.2) is 0 Å². The molecule has 0 unspecified atom stereocenters. The molecule has 4 nitrogen and oxygen atoms in total. The summed E-state index contributed by atoms with van der Waals surface area (Å²) in [6.07, 6.45) is 4.05. The molecule has 1 N–H and O–H groups in total. The van der Waals surface area contributed by atoms with Crippen molar-refractivity contribution in [3.8, 4) is 5.75 Å². The van der Waals surface area contributed by atoms with Crippen molar-refractivity contribution in [2.75, 3.05) is 6.61 Å². The molecule has 0 radical (unpaired) electrons. The van der Waals surface area contributed by atoms with Crippen LogP contribution in [-0.2, 0) is 6.54 Å². The van der Waals surface area contributed by atoms with Gasteiger partial charge in [0, 0.05) is 36.0 Å². The first-order valence-corrected chi connectivity index (χ1v) is 8.01. The molecule has 1 heterocycles. The molecule has 4 heteroatoms. The number of benzene rings is 1. The summed E-state index contributed by atoms with van der Waals surface area (Å²) < 4.78 is 7.73. The van der Waals surface area contributed by atoms with Gasteiger partial charge in [0.2, 0.25) is 0 Å². The van der Waals surface area contributed by atoms with Gasteiger partial charge in [-0.2, -0.15) is 5.10 Å². The molecular weight excluding hydrogens is 274 g/mol. The first kappa shape index (κ1) is 16.6. The van der Waals surface area contributed by atoms with Gasteiger partial charge in [-0.15, -0.1) is 0 Å². The maximum atomic E-state index is 5.73. The average Bonchev–Trinajstić information content (AvgIpc) is 2.96. The zero-order valence-corrected chi connectivity index (χ0v) is 14.3. The normalized spacial score (nSPS) is 12.6. The summed E-state index contributed by atoms with van der Waals surface area (Å²) >= 11 is 0. The van der Waals surface area contributed by atoms with E-state index in [1.807, 2.05) is 17.8 Å². The highest BCUT2D eigenvalue weighted by Crippen LogP contribution is 2.22. The smallest absolute Gasteiger partial charge is 0.124 e. The van der Waals surface area contributed by atoms with Gasteiger partial charge in [0.1, 0.15) is 5.75 Å². The Bertz CT molecular complexity index is 604. The molecule has 1 aromatic carbocycles. The monoisotopic (exact) mass is 301 g/mol. The van der Waals surface area contributed by atoms with E-state index in [-0.39, 0.29) is 6.04 Å². The van der Waals surface area contributed by atoms with Crippen LogP contribution in [0.15, 0.2) is 30.6 Å². The van der Waals surface area contributed by atoms with Crippen molar-refractivity contribution < 1.29 is 4.74 Å². The Morgan fingerprint density at radius 1 is 1.27 bits per heavy atom. The minimum absolute atomic E-state index is 0.253. The number of nitrogens with one attached hydrogen (secondary N) is 1. The van der Waals surface area contributed by atoms with Crippen LogP contribution in [0.25, 0.3) is 0 Å². The van der Waals surface area contributed by atoms with Crippen LogP contribution in [0.2, 0.25) is 0 Å². The maximum absolute atomic E-state index is 5.73. The largest absolute Gasteiger partial charge is 0.494 e. The lowest BCUT2D eigenvalue weighted by molar-refractivity contribution is 0.334. The van der Waals surface area contributed by atoms with Gasteiger partial charge in [0.05, 0.1) is 12.8 Å². The fraction of sp³-hybridized carbons (Fsp3) is 0.500. The Morgan fingerprint density at radius 2 is 2.05 bits per heavy atom. The predicted molar refractivity (Wildman–Crippen MR) is 90.2 cm³/mol. The molecule has 22 heavy (non-hydrogen) atoms. The number of hydrogen-bond acceptors (Lipinski definition) is 3. The van der Waals surface area contributed by atoms with Crippen molar-refractivity contribution in [1.82, 2.24) is 15.1 Å². The third-order valence-electron chi connectivity index (χ3n) is 3.77. The number of aryl methyl sites for hydroxylation is 1. The van der Waals surface area contributed by atoms with E-state index in [1.165, 1.54) is 16.7 Å². The molecule has 120 valence electrons. The summed E-state index contributed by atoms with van der Waals surface area (Å²) in [7, 11) is 0. The predicted octanol–water partition coefficient (Wildman–Crippen LogP) is 4.02. The summed E-state index contributed by atoms with van der Waals surface area (Å²) in [5.74, 6) is 0.972. The highest BCUT2D eigenvalue weighted by molar-refractivity contribution is 5.37. The van der Waals surface area contributed by atoms with Crippen LogP contribution in [0, 0.1) is 6.92 Å². The van der Waals surface area contributed by atoms with Crippen LogP contribution >= 0.6 is 0 Å². The van der Waals surface area contributed by atoms with E-state index in [1.54, 1.807) is 0 Å². The van der Waals surface area contributed by atoms with Gasteiger partial charge >= 0.3 is 0 Å². The molecule has 0 fully saturated rings. The number of nitrogens with zero attached hydrogens (tertiary/aromatic N) is 2. The summed E-state index contributed by atoms with van der Waals surface area (Å²) in [4.78, 5) is 0. The number of rotatable bonds is 7. The second-order valence-corrected chi connectivity index (χ2v) is 5.99. The van der Waals surface area contributed by atoms with Gasteiger partial charge in [-0.3, -0.25) is 4.68 Å². The Balaban J connectivity index is 2.02. The molecule has 0 amide bonds. The van der Waals surface area contributed by atoms with Crippen molar-refractivity contribution in [2.45, 2.75) is 53.2 Å². The van der Waals surface area contributed by atoms with E-state index in [4.69, 9.17) is 4.74 Å². The van der Waals surface area contributed by atoms with Crippen molar-refractivity contribution >= 4 is 0 Å². The SMILES string of the molecule is CCOc1cc(C)ccc1CN[C@H](C)c1cnn(C(C)C)c1. The topological polar surface area (TPSA) is 39.1 Å². The van der Waals surface area contributed by atoms with Crippen LogP contribution in [-0.4, -0.2) is 16.4 Å². The lowest BCUT2D eigenvalue weighted by Gasteiger charge is -2.15. The lowest BCUT2D eigenvalue weighted by atomic mass is 10.1. The molecule has 0 spiro atoms. The number of hydrogen-bond donors (Lipinski definition) is 1. The fourth-order valence-electron chi connectivity index (χ4n) is 2.34. The van der Waals surface area contributed by atoms with E-state index in [0.29, 0.717) is 12.6 Å². The Morgan fingerprint density at radius 3 is 2.68 bits per heavy atom. The number of ether oxygens (including phenoxy) is 1. The molecule has 1 atom stereocenters. The van der Waals surface area contributed by atoms with Gasteiger partial charge in [-0.05, 0) is 46.2 Å². The Hall–Kier alpha value is -1.81. The summed E-state index contributed by atoms with van der Waals surface area (Å²) in [6.45, 7) is 12.0. The molecule has 0 aliphatic carbocycles. The average molecular weight is 301 g/mol. The molecular formula is C18H27N3O. The standard InChI is InChI=1S/C18H27N3O/c1-6-22-18-9-14(4)7-8-16(18)10-19-15(5)17-11-20-21(12-17)13(2)3/h7-9,11-13,15,19H,6,10H2,1-5H3/t15-/m1/s1. The third kappa shape index (κ3) is 4.10. The van der Waals surface area contributed by atoms with Crippen molar-refractivity contribution in [3.63, 3.8) is 0 Å². The van der Waals surface area contributed by atoms with Gasteiger partial charge in [-0.25, -0.2) is 0 Å². The van der Waals surface area contributed by atoms with Gasteiger partial charge in [0.25, 0.3) is 0 Å². The third-order valence-corrected chi connectivity index (χ3v) is 3.77. The van der Waals surface area contributed by atoms with Crippen LogP contribution in [0.5, 0.6) is 5.75 Å². The van der Waals surface area contributed by atoms with E-state index in [2.05, 4.69) is 62.5 Å². The van der Waals surface area contributed by atoms with Crippen LogP contribution < -0.4 is 10.1 Å². The Kier molecular flexibility index (Phi) is 5.61. The molecule has 1 aromatic heterocycles. The zero-order chi connectivity index (χ0) is 16.1. The first-order chi connectivity index (χ1) is 10.5. The van der Waals surface area contributed by atoms with Crippen LogP contribution in [0.4, 0.5) is 0 Å². The molecule has 2 rings (SSSR count). The van der Waals surface area contributed by atoms with Crippen molar-refractivity contribution in [3.05, 3.63) is 47.3 Å². The summed E-state index contributed by atoms with van der Waals surface area (Å²) in [5, 5.41) is 7.95. The molecule has 0 saturated heterocycles. The van der Waals surface area contributed by atoms with E-state index in [0.717, 1.165) is 12.3 Å².